The van der Waals surface area contributed by atoms with Crippen LogP contribution in [0.2, 0.25) is 0 Å². The van der Waals surface area contributed by atoms with Gasteiger partial charge in [-0.25, -0.2) is 21.8 Å². The minimum atomic E-state index is -3.43. The van der Waals surface area contributed by atoms with Gasteiger partial charge in [0.1, 0.15) is 5.84 Å². The van der Waals surface area contributed by atoms with Gasteiger partial charge in [-0.1, -0.05) is 30.0 Å². The molecule has 0 saturated heterocycles. The lowest BCUT2D eigenvalue weighted by Gasteiger charge is -2.35. The van der Waals surface area contributed by atoms with E-state index in [0.717, 1.165) is 71.4 Å². The number of sulfonamides is 2. The van der Waals surface area contributed by atoms with Gasteiger partial charge in [-0.15, -0.1) is 0 Å². The fourth-order valence-corrected chi connectivity index (χ4v) is 7.30. The number of carbonyl (C=O) groups is 1. The molecule has 0 spiro atoms. The standard InChI is InChI=1S/C31H36N6O5S3/c1-31(2)28(33-36(3)30(38)43-31)24-12-17-27-23(19-24)7-6-18-37(27)29(22-10-15-26(16-11-22)35-45(5,41)42)32-20-21-8-13-25(14-9-21)34-44(4,39)40/h8-17,19,34-35H,6-7,18,20H2,1-5H3. The monoisotopic (exact) mass is 668 g/mol. The molecule has 1 amide bonds. The van der Waals surface area contributed by atoms with E-state index >= 15 is 0 Å². The summed E-state index contributed by atoms with van der Waals surface area (Å²) in [5.74, 6) is 0.726. The summed E-state index contributed by atoms with van der Waals surface area (Å²) in [6.45, 7) is 5.07. The number of amides is 1. The summed E-state index contributed by atoms with van der Waals surface area (Å²) in [7, 11) is -5.14. The van der Waals surface area contributed by atoms with Gasteiger partial charge in [0, 0.05) is 36.2 Å². The fourth-order valence-electron chi connectivity index (χ4n) is 5.31. The predicted octanol–water partition coefficient (Wildman–Crippen LogP) is 5.11. The van der Waals surface area contributed by atoms with E-state index in [2.05, 4.69) is 31.6 Å². The van der Waals surface area contributed by atoms with Crippen molar-refractivity contribution in [1.29, 1.82) is 0 Å². The largest absolute Gasteiger partial charge is 0.326 e. The van der Waals surface area contributed by atoms with Gasteiger partial charge in [0.25, 0.3) is 0 Å². The van der Waals surface area contributed by atoms with Crippen LogP contribution in [0.3, 0.4) is 0 Å². The van der Waals surface area contributed by atoms with Crippen molar-refractivity contribution in [2.75, 3.05) is 40.4 Å². The maximum atomic E-state index is 12.3. The average molecular weight is 669 g/mol. The number of hydrazone groups is 1. The predicted molar refractivity (Wildman–Crippen MR) is 184 cm³/mol. The second-order valence-electron chi connectivity index (χ2n) is 11.6. The summed E-state index contributed by atoms with van der Waals surface area (Å²) in [5.41, 5.74) is 6.59. The van der Waals surface area contributed by atoms with Gasteiger partial charge in [-0.2, -0.15) is 5.10 Å². The Morgan fingerprint density at radius 2 is 1.53 bits per heavy atom. The normalized spacial score (nSPS) is 17.0. The molecule has 0 aliphatic carbocycles. The Bertz CT molecular complexity index is 1890. The van der Waals surface area contributed by atoms with Crippen molar-refractivity contribution >= 4 is 65.7 Å². The van der Waals surface area contributed by atoms with Crippen LogP contribution in [0.1, 0.15) is 42.5 Å². The number of thioether (sulfide) groups is 1. The number of carbonyl (C=O) groups excluding carboxylic acids is 1. The maximum Gasteiger partial charge on any atom is 0.302 e. The smallest absolute Gasteiger partial charge is 0.302 e. The van der Waals surface area contributed by atoms with Crippen LogP contribution in [0.25, 0.3) is 0 Å². The van der Waals surface area contributed by atoms with Gasteiger partial charge in [0.15, 0.2) is 0 Å². The van der Waals surface area contributed by atoms with Crippen molar-refractivity contribution in [3.05, 3.63) is 89.0 Å². The molecule has 238 valence electrons. The molecule has 11 nitrogen and oxygen atoms in total. The van der Waals surface area contributed by atoms with Crippen molar-refractivity contribution in [2.45, 2.75) is 38.0 Å². The summed E-state index contributed by atoms with van der Waals surface area (Å²) in [5, 5.41) is 5.91. The lowest BCUT2D eigenvalue weighted by molar-refractivity contribution is 0.234. The number of hydrogen-bond acceptors (Lipinski definition) is 8. The summed E-state index contributed by atoms with van der Waals surface area (Å²) in [4.78, 5) is 19.5. The Hall–Kier alpha value is -3.88. The molecule has 45 heavy (non-hydrogen) atoms. The highest BCUT2D eigenvalue weighted by atomic mass is 32.2. The number of nitrogens with zero attached hydrogens (tertiary/aromatic N) is 4. The van der Waals surface area contributed by atoms with E-state index in [0.29, 0.717) is 17.9 Å². The number of nitrogens with one attached hydrogen (secondary N) is 2. The maximum absolute atomic E-state index is 12.3. The van der Waals surface area contributed by atoms with Crippen molar-refractivity contribution in [3.8, 4) is 0 Å². The molecule has 0 saturated carbocycles. The summed E-state index contributed by atoms with van der Waals surface area (Å²) >= 11 is 1.26. The van der Waals surface area contributed by atoms with Crippen molar-refractivity contribution in [2.24, 2.45) is 10.1 Å². The third-order valence-corrected chi connectivity index (χ3v) is 9.62. The zero-order chi connectivity index (χ0) is 32.6. The second-order valence-corrected chi connectivity index (χ2v) is 16.7. The topological polar surface area (TPSA) is 141 Å². The summed E-state index contributed by atoms with van der Waals surface area (Å²) < 4.78 is 51.2. The first kappa shape index (κ1) is 32.5. The fraction of sp³-hybridized carbons (Fsp3) is 0.323. The Balaban J connectivity index is 1.51. The van der Waals surface area contributed by atoms with Crippen LogP contribution in [0.5, 0.6) is 0 Å². The molecule has 0 atom stereocenters. The molecule has 2 heterocycles. The van der Waals surface area contributed by atoms with Crippen LogP contribution < -0.4 is 14.3 Å². The molecule has 5 rings (SSSR count). The third kappa shape index (κ3) is 8.05. The second kappa shape index (κ2) is 12.5. The van der Waals surface area contributed by atoms with Gasteiger partial charge in [0.05, 0.1) is 29.5 Å². The number of rotatable bonds is 8. The lowest BCUT2D eigenvalue weighted by Crippen LogP contribution is -2.40. The van der Waals surface area contributed by atoms with E-state index < -0.39 is 24.8 Å². The average Bonchev–Trinajstić information content (AvgIpc) is 2.94. The first-order valence-electron chi connectivity index (χ1n) is 14.2. The van der Waals surface area contributed by atoms with Gasteiger partial charge in [-0.05, 0) is 91.9 Å². The molecule has 2 aliphatic rings. The highest BCUT2D eigenvalue weighted by Crippen LogP contribution is 2.37. The Labute approximate surface area is 268 Å². The molecule has 2 N–H and O–H groups in total. The molecule has 2 aliphatic heterocycles. The highest BCUT2D eigenvalue weighted by Gasteiger charge is 2.37. The lowest BCUT2D eigenvalue weighted by atomic mass is 9.93. The molecule has 0 bridgehead atoms. The van der Waals surface area contributed by atoms with Gasteiger partial charge in [0.2, 0.25) is 20.0 Å². The van der Waals surface area contributed by atoms with E-state index in [-0.39, 0.29) is 5.24 Å². The molecule has 0 fully saturated rings. The number of benzene rings is 3. The Kier molecular flexibility index (Phi) is 9.02. The van der Waals surface area contributed by atoms with Crippen molar-refractivity contribution in [1.82, 2.24) is 5.01 Å². The van der Waals surface area contributed by atoms with Crippen molar-refractivity contribution in [3.63, 3.8) is 0 Å². The van der Waals surface area contributed by atoms with Crippen LogP contribution in [-0.2, 0) is 33.0 Å². The molecular formula is C31H36N6O5S3. The van der Waals surface area contributed by atoms with Crippen LogP contribution >= 0.6 is 11.8 Å². The molecule has 0 aromatic heterocycles. The molecule has 0 radical (unpaired) electrons. The van der Waals surface area contributed by atoms with Gasteiger partial charge < -0.3 is 4.90 Å². The van der Waals surface area contributed by atoms with Crippen LogP contribution in [-0.4, -0.2) is 69.5 Å². The van der Waals surface area contributed by atoms with Crippen LogP contribution in [0.4, 0.5) is 21.9 Å². The highest BCUT2D eigenvalue weighted by molar-refractivity contribution is 8.15. The summed E-state index contributed by atoms with van der Waals surface area (Å²) in [6.07, 6.45) is 3.97. The minimum Gasteiger partial charge on any atom is -0.326 e. The van der Waals surface area contributed by atoms with E-state index in [1.54, 1.807) is 31.3 Å². The number of aliphatic imine (C=N–C) groups is 1. The van der Waals surface area contributed by atoms with E-state index in [1.165, 1.54) is 16.8 Å². The first-order chi connectivity index (χ1) is 21.1. The molecule has 3 aromatic rings. The molecular weight excluding hydrogens is 633 g/mol. The Morgan fingerprint density at radius 3 is 2.13 bits per heavy atom. The zero-order valence-electron chi connectivity index (χ0n) is 25.7. The number of anilines is 3. The first-order valence-corrected chi connectivity index (χ1v) is 18.8. The molecule has 3 aromatic carbocycles. The van der Waals surface area contributed by atoms with Crippen molar-refractivity contribution < 1.29 is 21.6 Å². The molecule has 0 unspecified atom stereocenters. The number of hydrogen-bond donors (Lipinski definition) is 2. The van der Waals surface area contributed by atoms with E-state index in [9.17, 15) is 21.6 Å². The minimum absolute atomic E-state index is 0.0900. The van der Waals surface area contributed by atoms with E-state index in [1.807, 2.05) is 44.2 Å². The van der Waals surface area contributed by atoms with Gasteiger partial charge in [-0.3, -0.25) is 19.2 Å². The SMILES string of the molecule is CN1N=C(c2ccc3c(c2)CCCN3C(=NCc2ccc(NS(C)(=O)=O)cc2)c2ccc(NS(C)(=O)=O)cc2)C(C)(C)SC1=O. The quantitative estimate of drug-likeness (QED) is 0.251. The van der Waals surface area contributed by atoms with Crippen LogP contribution in [0.15, 0.2) is 76.8 Å². The van der Waals surface area contributed by atoms with E-state index in [4.69, 9.17) is 4.99 Å². The van der Waals surface area contributed by atoms with Crippen LogP contribution in [0, 0.1) is 0 Å². The number of amidine groups is 1. The third-order valence-electron chi connectivity index (χ3n) is 7.27. The molecule has 14 heteroatoms. The number of aryl methyl sites for hydroxylation is 1. The van der Waals surface area contributed by atoms with Gasteiger partial charge >= 0.3 is 5.24 Å². The Morgan fingerprint density at radius 1 is 0.933 bits per heavy atom. The zero-order valence-corrected chi connectivity index (χ0v) is 28.2. The summed E-state index contributed by atoms with van der Waals surface area (Å²) in [6, 6.07) is 20.4. The number of fused-ring (bicyclic) bond motifs is 1.